The molecule has 1 aromatic carbocycles. The van der Waals surface area contributed by atoms with Crippen molar-refractivity contribution < 1.29 is 17.9 Å². The maximum Gasteiger partial charge on any atom is 0.152 e. The Morgan fingerprint density at radius 3 is 2.52 bits per heavy atom. The second-order valence-electron chi connectivity index (χ2n) is 5.90. The predicted molar refractivity (Wildman–Crippen MR) is 94.1 cm³/mol. The monoisotopic (exact) mass is 360 g/mol. The van der Waals surface area contributed by atoms with Crippen LogP contribution in [0.3, 0.4) is 0 Å². The molecule has 0 atom stereocenters. The van der Waals surface area contributed by atoms with Gasteiger partial charge in [0.2, 0.25) is 0 Å². The van der Waals surface area contributed by atoms with E-state index < -0.39 is 9.84 Å². The van der Waals surface area contributed by atoms with E-state index in [1.807, 2.05) is 0 Å². The van der Waals surface area contributed by atoms with Gasteiger partial charge in [0, 0.05) is 23.4 Å². The number of hydrogen-bond donors (Lipinski definition) is 0. The summed E-state index contributed by atoms with van der Waals surface area (Å²) in [5, 5.41) is 0.243. The van der Waals surface area contributed by atoms with E-state index in [9.17, 15) is 13.2 Å². The van der Waals surface area contributed by atoms with Crippen LogP contribution in [-0.2, 0) is 21.1 Å². The van der Waals surface area contributed by atoms with Crippen LogP contribution in [-0.4, -0.2) is 32.3 Å². The van der Waals surface area contributed by atoms with Gasteiger partial charge >= 0.3 is 0 Å². The Balaban J connectivity index is 2.37. The molecule has 23 heavy (non-hydrogen) atoms. The molecular formula is C17H25ClO4S. The van der Waals surface area contributed by atoms with Crippen molar-refractivity contribution in [2.75, 3.05) is 12.9 Å². The zero-order valence-electron chi connectivity index (χ0n) is 14.0. The van der Waals surface area contributed by atoms with Gasteiger partial charge in [-0.05, 0) is 44.9 Å². The molecule has 4 nitrogen and oxygen atoms in total. The van der Waals surface area contributed by atoms with Crippen molar-refractivity contribution in [3.63, 3.8) is 0 Å². The Bertz CT molecular complexity index is 623. The number of halogens is 1. The Kier molecular flexibility index (Phi) is 8.06. The predicted octanol–water partition coefficient (Wildman–Crippen LogP) is 3.84. The number of methoxy groups -OCH3 is 1. The molecule has 0 aromatic heterocycles. The van der Waals surface area contributed by atoms with Gasteiger partial charge in [-0.3, -0.25) is 4.79 Å². The number of rotatable bonds is 10. The van der Waals surface area contributed by atoms with Gasteiger partial charge in [0.1, 0.15) is 11.5 Å². The molecule has 0 unspecified atom stereocenters. The van der Waals surface area contributed by atoms with Gasteiger partial charge in [-0.25, -0.2) is 8.42 Å². The largest absolute Gasteiger partial charge is 0.496 e. The van der Waals surface area contributed by atoms with Gasteiger partial charge in [-0.2, -0.15) is 0 Å². The third kappa shape index (κ3) is 6.92. The highest BCUT2D eigenvalue weighted by atomic mass is 35.5. The van der Waals surface area contributed by atoms with E-state index in [-0.39, 0.29) is 23.2 Å². The summed E-state index contributed by atoms with van der Waals surface area (Å²) in [5.74, 6) is 0.962. The summed E-state index contributed by atoms with van der Waals surface area (Å²) in [6.45, 7) is 3.38. The number of unbranched alkanes of at least 4 members (excludes halogenated alkanes) is 2. The third-order valence-electron chi connectivity index (χ3n) is 3.73. The lowest BCUT2D eigenvalue weighted by atomic mass is 10.0. The molecular weight excluding hydrogens is 336 g/mol. The fourth-order valence-electron chi connectivity index (χ4n) is 2.22. The number of benzene rings is 1. The zero-order valence-corrected chi connectivity index (χ0v) is 15.5. The van der Waals surface area contributed by atoms with Crippen molar-refractivity contribution >= 4 is 27.2 Å². The van der Waals surface area contributed by atoms with Crippen molar-refractivity contribution in [2.24, 2.45) is 0 Å². The summed E-state index contributed by atoms with van der Waals surface area (Å²) in [4.78, 5) is 12.0. The minimum atomic E-state index is -2.98. The fourth-order valence-corrected chi connectivity index (χ4v) is 3.50. The number of carbonyl (C=O) groups is 1. The number of carbonyl (C=O) groups excluding carboxylic acids is 1. The van der Waals surface area contributed by atoms with Crippen LogP contribution in [0.5, 0.6) is 5.75 Å². The Morgan fingerprint density at radius 2 is 1.91 bits per heavy atom. The highest BCUT2D eigenvalue weighted by Crippen LogP contribution is 2.23. The van der Waals surface area contributed by atoms with Crippen LogP contribution in [0, 0.1) is 0 Å². The summed E-state index contributed by atoms with van der Waals surface area (Å²) in [5.41, 5.74) is 0.785. The van der Waals surface area contributed by atoms with Crippen LogP contribution >= 0.6 is 11.6 Å². The van der Waals surface area contributed by atoms with Crippen molar-refractivity contribution in [1.82, 2.24) is 0 Å². The molecule has 0 aliphatic heterocycles. The Labute approximate surface area is 144 Å². The fraction of sp³-hybridized carbons (Fsp3) is 0.588. The molecule has 0 saturated heterocycles. The highest BCUT2D eigenvalue weighted by Gasteiger charge is 2.15. The molecule has 0 fully saturated rings. The third-order valence-corrected chi connectivity index (χ3v) is 6.26. The quantitative estimate of drug-likeness (QED) is 0.595. The maximum atomic E-state index is 12.0. The molecule has 1 rings (SSSR count). The van der Waals surface area contributed by atoms with E-state index in [0.29, 0.717) is 30.0 Å². The van der Waals surface area contributed by atoms with Gasteiger partial charge in [0.25, 0.3) is 0 Å². The minimum absolute atomic E-state index is 0.109. The molecule has 0 bridgehead atoms. The molecule has 0 N–H and O–H groups in total. The van der Waals surface area contributed by atoms with Gasteiger partial charge in [-0.15, -0.1) is 0 Å². The number of Topliss-reactive ketones (excluding diaryl/α,β-unsaturated/α-hetero) is 1. The molecule has 0 radical (unpaired) electrons. The molecule has 1 aromatic rings. The molecule has 0 heterocycles. The molecule has 130 valence electrons. The van der Waals surface area contributed by atoms with Crippen molar-refractivity contribution in [1.29, 1.82) is 0 Å². The SMILES string of the molecule is COc1ccc(Cl)cc1CC(=O)CCCCCS(=O)(=O)C(C)C. The molecule has 0 saturated carbocycles. The van der Waals surface area contributed by atoms with E-state index >= 15 is 0 Å². The standard InChI is InChI=1S/C17H25ClO4S/c1-13(2)23(20,21)10-6-4-5-7-16(19)12-14-11-15(18)8-9-17(14)22-3/h8-9,11,13H,4-7,10,12H2,1-3H3. The number of ether oxygens (including phenoxy) is 1. The smallest absolute Gasteiger partial charge is 0.152 e. The number of ketones is 1. The van der Waals surface area contributed by atoms with Crippen LogP contribution in [0.25, 0.3) is 0 Å². The van der Waals surface area contributed by atoms with Crippen LogP contribution in [0.4, 0.5) is 0 Å². The normalized spacial score (nSPS) is 11.7. The first-order valence-electron chi connectivity index (χ1n) is 7.82. The minimum Gasteiger partial charge on any atom is -0.496 e. The topological polar surface area (TPSA) is 60.4 Å². The van der Waals surface area contributed by atoms with Gasteiger partial charge in [0.05, 0.1) is 18.1 Å². The first-order chi connectivity index (χ1) is 10.8. The van der Waals surface area contributed by atoms with Crippen LogP contribution in [0.1, 0.15) is 45.1 Å². The van der Waals surface area contributed by atoms with E-state index in [2.05, 4.69) is 0 Å². The van der Waals surface area contributed by atoms with Crippen molar-refractivity contribution in [2.45, 2.75) is 51.2 Å². The average Bonchev–Trinajstić information content (AvgIpc) is 2.46. The summed E-state index contributed by atoms with van der Waals surface area (Å²) < 4.78 is 28.6. The number of sulfone groups is 1. The average molecular weight is 361 g/mol. The highest BCUT2D eigenvalue weighted by molar-refractivity contribution is 7.91. The lowest BCUT2D eigenvalue weighted by Crippen LogP contribution is -2.17. The van der Waals surface area contributed by atoms with Crippen LogP contribution < -0.4 is 4.74 Å². The molecule has 6 heteroatoms. The molecule has 0 aliphatic rings. The molecule has 0 aliphatic carbocycles. The number of hydrogen-bond acceptors (Lipinski definition) is 4. The lowest BCUT2D eigenvalue weighted by Gasteiger charge is -2.09. The first kappa shape index (κ1) is 20.0. The van der Waals surface area contributed by atoms with E-state index in [1.54, 1.807) is 39.2 Å². The first-order valence-corrected chi connectivity index (χ1v) is 9.91. The van der Waals surface area contributed by atoms with E-state index in [1.165, 1.54) is 0 Å². The van der Waals surface area contributed by atoms with E-state index in [0.717, 1.165) is 12.0 Å². The molecule has 0 amide bonds. The van der Waals surface area contributed by atoms with Gasteiger partial charge in [0.15, 0.2) is 9.84 Å². The van der Waals surface area contributed by atoms with Crippen LogP contribution in [0.2, 0.25) is 5.02 Å². The Hall–Kier alpha value is -1.07. The summed E-state index contributed by atoms with van der Waals surface area (Å²) in [7, 11) is -1.42. The summed E-state index contributed by atoms with van der Waals surface area (Å²) in [6, 6.07) is 5.22. The second kappa shape index (κ2) is 9.28. The second-order valence-corrected chi connectivity index (χ2v) is 9.01. The Morgan fingerprint density at radius 1 is 1.22 bits per heavy atom. The van der Waals surface area contributed by atoms with Gasteiger partial charge < -0.3 is 4.74 Å². The van der Waals surface area contributed by atoms with Crippen molar-refractivity contribution in [3.05, 3.63) is 28.8 Å². The summed E-state index contributed by atoms with van der Waals surface area (Å²) in [6.07, 6.45) is 2.78. The van der Waals surface area contributed by atoms with Crippen LogP contribution in [0.15, 0.2) is 18.2 Å². The maximum absolute atomic E-state index is 12.0. The van der Waals surface area contributed by atoms with Gasteiger partial charge in [-0.1, -0.05) is 18.0 Å². The zero-order chi connectivity index (χ0) is 17.5. The lowest BCUT2D eigenvalue weighted by molar-refractivity contribution is -0.118. The van der Waals surface area contributed by atoms with E-state index in [4.69, 9.17) is 16.3 Å². The summed E-state index contributed by atoms with van der Waals surface area (Å²) >= 11 is 5.95. The molecule has 0 spiro atoms. The van der Waals surface area contributed by atoms with Crippen molar-refractivity contribution in [3.8, 4) is 5.75 Å².